The lowest BCUT2D eigenvalue weighted by atomic mass is 9.94. The second-order valence-corrected chi connectivity index (χ2v) is 5.76. The molecule has 3 N–H and O–H groups in total. The first-order valence-electron chi connectivity index (χ1n) is 6.77. The van der Waals surface area contributed by atoms with E-state index in [0.29, 0.717) is 13.0 Å². The normalized spacial score (nSPS) is 28.3. The van der Waals surface area contributed by atoms with Crippen LogP contribution in [0.1, 0.15) is 45.4 Å². The molecule has 0 aromatic rings. The van der Waals surface area contributed by atoms with Crippen molar-refractivity contribution in [1.82, 2.24) is 4.90 Å². The van der Waals surface area contributed by atoms with Gasteiger partial charge in [0.15, 0.2) is 0 Å². The molecule has 5 nitrogen and oxygen atoms in total. The van der Waals surface area contributed by atoms with E-state index in [1.165, 1.54) is 4.90 Å². The van der Waals surface area contributed by atoms with Crippen LogP contribution >= 0.6 is 0 Å². The van der Waals surface area contributed by atoms with E-state index in [-0.39, 0.29) is 11.8 Å². The summed E-state index contributed by atoms with van der Waals surface area (Å²) in [6.45, 7) is 2.27. The second kappa shape index (κ2) is 4.88. The van der Waals surface area contributed by atoms with E-state index in [0.717, 1.165) is 32.1 Å². The van der Waals surface area contributed by atoms with Gasteiger partial charge in [-0.25, -0.2) is 4.79 Å². The first kappa shape index (κ1) is 13.3. The summed E-state index contributed by atoms with van der Waals surface area (Å²) >= 11 is 0. The number of nitrogens with zero attached hydrogens (tertiary/aromatic N) is 1. The molecule has 0 spiro atoms. The van der Waals surface area contributed by atoms with Crippen LogP contribution in [-0.2, 0) is 9.59 Å². The van der Waals surface area contributed by atoms with E-state index in [1.807, 2.05) is 0 Å². The van der Waals surface area contributed by atoms with Crippen molar-refractivity contribution in [2.24, 2.45) is 11.7 Å². The van der Waals surface area contributed by atoms with Gasteiger partial charge in [-0.05, 0) is 38.5 Å². The van der Waals surface area contributed by atoms with E-state index in [4.69, 9.17) is 5.73 Å². The summed E-state index contributed by atoms with van der Waals surface area (Å²) in [6, 6.07) is -0.693. The number of hydrogen-bond acceptors (Lipinski definition) is 3. The summed E-state index contributed by atoms with van der Waals surface area (Å²) in [4.78, 5) is 25.3. The molecular formula is C13H22N2O3. The maximum Gasteiger partial charge on any atom is 0.326 e. The molecule has 1 aliphatic heterocycles. The molecule has 1 saturated heterocycles. The van der Waals surface area contributed by atoms with Gasteiger partial charge in [0.1, 0.15) is 6.04 Å². The lowest BCUT2D eigenvalue weighted by molar-refractivity contribution is -0.152. The quantitative estimate of drug-likeness (QED) is 0.786. The van der Waals surface area contributed by atoms with Gasteiger partial charge in [0.25, 0.3) is 0 Å². The Kier molecular flexibility index (Phi) is 3.61. The van der Waals surface area contributed by atoms with Crippen LogP contribution in [0.25, 0.3) is 0 Å². The fraction of sp³-hybridized carbons (Fsp3) is 0.846. The fourth-order valence-corrected chi connectivity index (χ4v) is 2.78. The molecule has 0 bridgehead atoms. The molecule has 1 saturated carbocycles. The van der Waals surface area contributed by atoms with E-state index in [9.17, 15) is 14.7 Å². The minimum Gasteiger partial charge on any atom is -0.480 e. The lowest BCUT2D eigenvalue weighted by Crippen LogP contribution is -2.58. The molecule has 2 rings (SSSR count). The van der Waals surface area contributed by atoms with Crippen molar-refractivity contribution < 1.29 is 14.7 Å². The lowest BCUT2D eigenvalue weighted by Gasteiger charge is -2.34. The zero-order valence-electron chi connectivity index (χ0n) is 10.9. The van der Waals surface area contributed by atoms with Crippen molar-refractivity contribution in [2.45, 2.75) is 57.0 Å². The topological polar surface area (TPSA) is 83.6 Å². The molecule has 2 fully saturated rings. The summed E-state index contributed by atoms with van der Waals surface area (Å²) in [5.74, 6) is -0.862. The Morgan fingerprint density at radius 1 is 1.22 bits per heavy atom. The highest BCUT2D eigenvalue weighted by atomic mass is 16.4. The third-order valence-electron chi connectivity index (χ3n) is 4.18. The van der Waals surface area contributed by atoms with Crippen molar-refractivity contribution in [1.29, 1.82) is 0 Å². The van der Waals surface area contributed by atoms with Gasteiger partial charge < -0.3 is 15.7 Å². The number of carboxylic acid groups (broad SMARTS) is 1. The highest BCUT2D eigenvalue weighted by Gasteiger charge is 2.47. The van der Waals surface area contributed by atoms with Crippen LogP contribution < -0.4 is 5.73 Å². The van der Waals surface area contributed by atoms with Crippen LogP contribution in [-0.4, -0.2) is 40.0 Å². The van der Waals surface area contributed by atoms with E-state index in [2.05, 4.69) is 0 Å². The molecule has 2 unspecified atom stereocenters. The number of rotatable bonds is 3. The largest absolute Gasteiger partial charge is 0.480 e. The molecule has 2 aliphatic rings. The number of nitrogens with two attached hydrogens (primary N) is 1. The van der Waals surface area contributed by atoms with Crippen LogP contribution in [0.15, 0.2) is 0 Å². The summed E-state index contributed by atoms with van der Waals surface area (Å²) < 4.78 is 0. The Bertz CT molecular complexity index is 350. The predicted octanol–water partition coefficient (Wildman–Crippen LogP) is 0.970. The van der Waals surface area contributed by atoms with Gasteiger partial charge in [0, 0.05) is 6.54 Å². The number of carbonyl (C=O) groups excluding carboxylic acids is 1. The minimum atomic E-state index is -0.906. The van der Waals surface area contributed by atoms with Gasteiger partial charge in [-0.15, -0.1) is 0 Å². The number of amides is 1. The maximum absolute atomic E-state index is 12.5. The Hall–Kier alpha value is -1.10. The molecule has 1 heterocycles. The average molecular weight is 254 g/mol. The number of hydrogen-bond donors (Lipinski definition) is 2. The number of likely N-dealkylation sites (tertiary alicyclic amines) is 1. The molecular weight excluding hydrogens is 232 g/mol. The summed E-state index contributed by atoms with van der Waals surface area (Å²) in [6.07, 6.45) is 5.22. The van der Waals surface area contributed by atoms with Crippen LogP contribution in [0, 0.1) is 5.92 Å². The van der Waals surface area contributed by atoms with Gasteiger partial charge >= 0.3 is 5.97 Å². The van der Waals surface area contributed by atoms with Gasteiger partial charge in [-0.1, -0.05) is 12.8 Å². The summed E-state index contributed by atoms with van der Waals surface area (Å²) in [7, 11) is 0. The molecule has 0 aromatic heterocycles. The standard InChI is InChI=1S/C13H22N2O3/c1-13(14,9-6-7-9)12(18)15-8-4-2-3-5-10(15)11(16)17/h9-10H,2-8,14H2,1H3,(H,16,17). The predicted molar refractivity (Wildman–Crippen MR) is 66.9 cm³/mol. The summed E-state index contributed by atoms with van der Waals surface area (Å²) in [5.41, 5.74) is 5.23. The van der Waals surface area contributed by atoms with Gasteiger partial charge in [-0.3, -0.25) is 4.79 Å². The van der Waals surface area contributed by atoms with Crippen molar-refractivity contribution in [3.8, 4) is 0 Å². The third-order valence-corrected chi connectivity index (χ3v) is 4.18. The Balaban J connectivity index is 2.16. The van der Waals surface area contributed by atoms with E-state index >= 15 is 0 Å². The van der Waals surface area contributed by atoms with Crippen LogP contribution in [0.4, 0.5) is 0 Å². The van der Waals surface area contributed by atoms with E-state index < -0.39 is 17.6 Å². The van der Waals surface area contributed by atoms with Crippen molar-refractivity contribution in [3.05, 3.63) is 0 Å². The fourth-order valence-electron chi connectivity index (χ4n) is 2.78. The van der Waals surface area contributed by atoms with Crippen LogP contribution in [0.5, 0.6) is 0 Å². The first-order chi connectivity index (χ1) is 8.44. The smallest absolute Gasteiger partial charge is 0.326 e. The van der Waals surface area contributed by atoms with Crippen molar-refractivity contribution >= 4 is 11.9 Å². The Morgan fingerprint density at radius 3 is 2.44 bits per heavy atom. The molecule has 0 aromatic carbocycles. The van der Waals surface area contributed by atoms with Gasteiger partial charge in [0.05, 0.1) is 5.54 Å². The number of aliphatic carboxylic acids is 1. The van der Waals surface area contributed by atoms with Crippen molar-refractivity contribution in [2.75, 3.05) is 6.54 Å². The van der Waals surface area contributed by atoms with Crippen molar-refractivity contribution in [3.63, 3.8) is 0 Å². The van der Waals surface area contributed by atoms with Gasteiger partial charge in [0.2, 0.25) is 5.91 Å². The Morgan fingerprint density at radius 2 is 1.89 bits per heavy atom. The molecule has 1 amide bonds. The van der Waals surface area contributed by atoms with Gasteiger partial charge in [-0.2, -0.15) is 0 Å². The Labute approximate surface area is 107 Å². The van der Waals surface area contributed by atoms with Crippen LogP contribution in [0.2, 0.25) is 0 Å². The average Bonchev–Trinajstić information content (AvgIpc) is 3.13. The zero-order chi connectivity index (χ0) is 13.3. The minimum absolute atomic E-state index is 0.181. The molecule has 18 heavy (non-hydrogen) atoms. The SMILES string of the molecule is CC(N)(C(=O)N1CCCCCC1C(=O)O)C1CC1. The summed E-state index contributed by atoms with van der Waals surface area (Å²) in [5, 5.41) is 9.27. The second-order valence-electron chi connectivity index (χ2n) is 5.76. The molecule has 5 heteroatoms. The van der Waals surface area contributed by atoms with Crippen LogP contribution in [0.3, 0.4) is 0 Å². The number of carboxylic acids is 1. The molecule has 1 aliphatic carbocycles. The maximum atomic E-state index is 12.5. The highest BCUT2D eigenvalue weighted by molar-refractivity contribution is 5.90. The first-order valence-corrected chi connectivity index (χ1v) is 6.77. The monoisotopic (exact) mass is 254 g/mol. The number of carbonyl (C=O) groups is 2. The molecule has 0 radical (unpaired) electrons. The highest BCUT2D eigenvalue weighted by Crippen LogP contribution is 2.39. The molecule has 102 valence electrons. The van der Waals surface area contributed by atoms with E-state index in [1.54, 1.807) is 6.92 Å². The molecule has 2 atom stereocenters. The third kappa shape index (κ3) is 2.51. The zero-order valence-corrected chi connectivity index (χ0v) is 10.9.